The molecule has 2 N–H and O–H groups in total. The minimum atomic E-state index is -0.459. The zero-order chi connectivity index (χ0) is 14.8. The van der Waals surface area contributed by atoms with Gasteiger partial charge >= 0.3 is 6.09 Å². The molecule has 1 fully saturated rings. The fourth-order valence-electron chi connectivity index (χ4n) is 2.52. The van der Waals surface area contributed by atoms with Gasteiger partial charge in [-0.1, -0.05) is 30.3 Å². The molecule has 4 heteroatoms. The fraction of sp³-hybridized carbons (Fsp3) is 0.562. The van der Waals surface area contributed by atoms with Gasteiger partial charge in [0.2, 0.25) is 0 Å². The molecule has 1 amide bonds. The van der Waals surface area contributed by atoms with Crippen molar-refractivity contribution in [2.45, 2.75) is 44.8 Å². The average Bonchev–Trinajstić information content (AvgIpc) is 2.38. The molecule has 0 saturated carbocycles. The van der Waals surface area contributed by atoms with Crippen molar-refractivity contribution in [3.05, 3.63) is 35.9 Å². The van der Waals surface area contributed by atoms with E-state index in [4.69, 9.17) is 10.5 Å². The van der Waals surface area contributed by atoms with Crippen molar-refractivity contribution in [2.24, 2.45) is 5.73 Å². The molecule has 2 atom stereocenters. The summed E-state index contributed by atoms with van der Waals surface area (Å²) >= 11 is 0. The topological polar surface area (TPSA) is 55.6 Å². The number of rotatable bonds is 1. The van der Waals surface area contributed by atoms with E-state index >= 15 is 0 Å². The fourth-order valence-corrected chi connectivity index (χ4v) is 2.52. The summed E-state index contributed by atoms with van der Waals surface area (Å²) in [6.07, 6.45) is 0.559. The molecule has 0 unspecified atom stereocenters. The first-order valence-electron chi connectivity index (χ1n) is 7.15. The van der Waals surface area contributed by atoms with E-state index in [1.165, 1.54) is 5.56 Å². The summed E-state index contributed by atoms with van der Waals surface area (Å²) in [7, 11) is 0. The van der Waals surface area contributed by atoms with Crippen LogP contribution in [0.2, 0.25) is 0 Å². The lowest BCUT2D eigenvalue weighted by atomic mass is 9.87. The molecule has 1 aliphatic rings. The Morgan fingerprint density at radius 3 is 2.55 bits per heavy atom. The maximum absolute atomic E-state index is 12.2. The molecule has 4 nitrogen and oxygen atoms in total. The molecule has 0 spiro atoms. The summed E-state index contributed by atoms with van der Waals surface area (Å²) in [6, 6.07) is 10.2. The lowest BCUT2D eigenvalue weighted by Gasteiger charge is -2.37. The summed E-state index contributed by atoms with van der Waals surface area (Å²) < 4.78 is 5.44. The monoisotopic (exact) mass is 276 g/mol. The molecule has 1 aromatic rings. The molecule has 0 bridgehead atoms. The molecule has 1 heterocycles. The number of nitrogens with zero attached hydrogens (tertiary/aromatic N) is 1. The van der Waals surface area contributed by atoms with E-state index in [1.54, 1.807) is 4.90 Å². The molecule has 0 radical (unpaired) electrons. The highest BCUT2D eigenvalue weighted by Gasteiger charge is 2.32. The third kappa shape index (κ3) is 3.73. The van der Waals surface area contributed by atoms with Crippen LogP contribution in [0.3, 0.4) is 0 Å². The number of benzene rings is 1. The Morgan fingerprint density at radius 2 is 1.95 bits per heavy atom. The number of piperidine rings is 1. The van der Waals surface area contributed by atoms with Gasteiger partial charge in [-0.05, 0) is 32.8 Å². The van der Waals surface area contributed by atoms with Crippen LogP contribution in [0.25, 0.3) is 0 Å². The van der Waals surface area contributed by atoms with Crippen molar-refractivity contribution in [3.63, 3.8) is 0 Å². The van der Waals surface area contributed by atoms with Crippen molar-refractivity contribution in [2.75, 3.05) is 13.1 Å². The standard InChI is InChI=1S/C16H24N2O2/c1-16(2,3)20-15(19)18-10-9-14(17)13(11-18)12-7-5-4-6-8-12/h4-8,13-14H,9-11,17H2,1-3H3/t13-,14+/m1/s1. The van der Waals surface area contributed by atoms with Gasteiger partial charge in [0.15, 0.2) is 0 Å². The third-order valence-corrected chi connectivity index (χ3v) is 3.55. The van der Waals surface area contributed by atoms with E-state index in [1.807, 2.05) is 39.0 Å². The lowest BCUT2D eigenvalue weighted by molar-refractivity contribution is 0.0186. The van der Waals surface area contributed by atoms with Crippen molar-refractivity contribution in [1.29, 1.82) is 0 Å². The van der Waals surface area contributed by atoms with Crippen LogP contribution in [0.15, 0.2) is 30.3 Å². The SMILES string of the molecule is CC(C)(C)OC(=O)N1CC[C@H](N)[C@@H](c2ccccc2)C1. The summed E-state index contributed by atoms with van der Waals surface area (Å²) in [5, 5.41) is 0. The number of ether oxygens (including phenoxy) is 1. The number of amides is 1. The molecule has 110 valence electrons. The first kappa shape index (κ1) is 14.9. The summed E-state index contributed by atoms with van der Waals surface area (Å²) in [5.74, 6) is 0.178. The molecule has 1 aromatic carbocycles. The van der Waals surface area contributed by atoms with Gasteiger partial charge in [0.25, 0.3) is 0 Å². The van der Waals surface area contributed by atoms with E-state index in [-0.39, 0.29) is 18.1 Å². The second-order valence-corrected chi connectivity index (χ2v) is 6.40. The van der Waals surface area contributed by atoms with E-state index in [9.17, 15) is 4.79 Å². The Balaban J connectivity index is 2.07. The highest BCUT2D eigenvalue weighted by Crippen LogP contribution is 2.27. The molecular formula is C16H24N2O2. The maximum Gasteiger partial charge on any atom is 0.410 e. The first-order chi connectivity index (χ1) is 9.37. The molecule has 0 aromatic heterocycles. The van der Waals surface area contributed by atoms with Crippen LogP contribution < -0.4 is 5.73 Å². The number of carbonyl (C=O) groups is 1. The van der Waals surface area contributed by atoms with E-state index in [2.05, 4.69) is 12.1 Å². The molecular weight excluding hydrogens is 252 g/mol. The number of hydrogen-bond acceptors (Lipinski definition) is 3. The summed E-state index contributed by atoms with van der Waals surface area (Å²) in [6.45, 7) is 6.94. The Morgan fingerprint density at radius 1 is 1.30 bits per heavy atom. The minimum Gasteiger partial charge on any atom is -0.444 e. The summed E-state index contributed by atoms with van der Waals surface area (Å²) in [4.78, 5) is 13.9. The second kappa shape index (κ2) is 5.83. The van der Waals surface area contributed by atoms with Crippen LogP contribution in [0.4, 0.5) is 4.79 Å². The minimum absolute atomic E-state index is 0.0936. The van der Waals surface area contributed by atoms with Crippen LogP contribution >= 0.6 is 0 Å². The van der Waals surface area contributed by atoms with Crippen LogP contribution in [0.5, 0.6) is 0 Å². The predicted octanol–water partition coefficient (Wildman–Crippen LogP) is 2.74. The molecule has 20 heavy (non-hydrogen) atoms. The van der Waals surface area contributed by atoms with Crippen LogP contribution in [-0.4, -0.2) is 35.7 Å². The van der Waals surface area contributed by atoms with Crippen LogP contribution in [0, 0.1) is 0 Å². The highest BCUT2D eigenvalue weighted by atomic mass is 16.6. The van der Waals surface area contributed by atoms with Gasteiger partial charge in [-0.25, -0.2) is 4.79 Å². The lowest BCUT2D eigenvalue weighted by Crippen LogP contribution is -2.49. The van der Waals surface area contributed by atoms with Crippen molar-refractivity contribution < 1.29 is 9.53 Å². The molecule has 0 aliphatic carbocycles. The smallest absolute Gasteiger partial charge is 0.410 e. The van der Waals surface area contributed by atoms with E-state index in [0.717, 1.165) is 6.42 Å². The predicted molar refractivity (Wildman–Crippen MR) is 79.6 cm³/mol. The quantitative estimate of drug-likeness (QED) is 0.858. The number of carbonyl (C=O) groups excluding carboxylic acids is 1. The zero-order valence-electron chi connectivity index (χ0n) is 12.5. The van der Waals surface area contributed by atoms with Crippen LogP contribution in [-0.2, 0) is 4.74 Å². The van der Waals surface area contributed by atoms with Gasteiger partial charge in [0.1, 0.15) is 5.60 Å². The van der Waals surface area contributed by atoms with Gasteiger partial charge in [0, 0.05) is 25.0 Å². The third-order valence-electron chi connectivity index (χ3n) is 3.55. The van der Waals surface area contributed by atoms with Crippen LogP contribution in [0.1, 0.15) is 38.7 Å². The van der Waals surface area contributed by atoms with Gasteiger partial charge in [-0.3, -0.25) is 0 Å². The van der Waals surface area contributed by atoms with E-state index < -0.39 is 5.60 Å². The number of nitrogens with two attached hydrogens (primary N) is 1. The molecule has 1 aliphatic heterocycles. The number of hydrogen-bond donors (Lipinski definition) is 1. The van der Waals surface area contributed by atoms with Gasteiger partial charge in [-0.15, -0.1) is 0 Å². The highest BCUT2D eigenvalue weighted by molar-refractivity contribution is 5.68. The van der Waals surface area contributed by atoms with Gasteiger partial charge in [-0.2, -0.15) is 0 Å². The van der Waals surface area contributed by atoms with Gasteiger partial charge in [0.05, 0.1) is 0 Å². The first-order valence-corrected chi connectivity index (χ1v) is 7.15. The Kier molecular flexibility index (Phi) is 4.33. The normalized spacial score (nSPS) is 23.5. The van der Waals surface area contributed by atoms with Crippen molar-refractivity contribution in [3.8, 4) is 0 Å². The van der Waals surface area contributed by atoms with Crippen molar-refractivity contribution >= 4 is 6.09 Å². The Labute approximate surface area is 120 Å². The zero-order valence-corrected chi connectivity index (χ0v) is 12.5. The largest absolute Gasteiger partial charge is 0.444 e. The molecule has 2 rings (SSSR count). The van der Waals surface area contributed by atoms with E-state index in [0.29, 0.717) is 13.1 Å². The summed E-state index contributed by atoms with van der Waals surface area (Å²) in [5.41, 5.74) is 6.95. The Hall–Kier alpha value is -1.55. The van der Waals surface area contributed by atoms with Crippen molar-refractivity contribution in [1.82, 2.24) is 4.90 Å². The second-order valence-electron chi connectivity index (χ2n) is 6.40. The average molecular weight is 276 g/mol. The maximum atomic E-state index is 12.2. The Bertz CT molecular complexity index is 453. The molecule has 1 saturated heterocycles. The number of likely N-dealkylation sites (tertiary alicyclic amines) is 1. The van der Waals surface area contributed by atoms with Gasteiger partial charge < -0.3 is 15.4 Å².